The summed E-state index contributed by atoms with van der Waals surface area (Å²) in [4.78, 5) is 2.12. The highest BCUT2D eigenvalue weighted by atomic mass is 35.5. The van der Waals surface area contributed by atoms with Crippen molar-refractivity contribution in [3.63, 3.8) is 0 Å². The molecule has 0 atom stereocenters. The molecule has 0 saturated carbocycles. The van der Waals surface area contributed by atoms with E-state index in [1.54, 1.807) is 13.8 Å². The van der Waals surface area contributed by atoms with E-state index in [4.69, 9.17) is 0 Å². The van der Waals surface area contributed by atoms with Gasteiger partial charge in [-0.3, -0.25) is 4.90 Å². The van der Waals surface area contributed by atoms with Crippen LogP contribution in [0.15, 0.2) is 0 Å². The summed E-state index contributed by atoms with van der Waals surface area (Å²) >= 11 is 0. The number of likely N-dealkylation sites (N-methyl/N-ethyl adjacent to an activating group) is 1. The average Bonchev–Trinajstić information content (AvgIpc) is 1.97. The van der Waals surface area contributed by atoms with Gasteiger partial charge in [-0.05, 0) is 20.9 Å². The van der Waals surface area contributed by atoms with Crippen LogP contribution in [-0.2, 0) is 9.84 Å². The molecule has 15 heavy (non-hydrogen) atoms. The SMILES string of the molecule is CC(C)S(=O)(=O)CCN(C)C1CNC1.Cl. The van der Waals surface area contributed by atoms with Gasteiger partial charge in [0.1, 0.15) is 0 Å². The van der Waals surface area contributed by atoms with Gasteiger partial charge >= 0.3 is 0 Å². The molecule has 0 bridgehead atoms. The molecular weight excluding hydrogens is 236 g/mol. The molecule has 92 valence electrons. The molecule has 6 heteroatoms. The quantitative estimate of drug-likeness (QED) is 0.760. The molecule has 0 aliphatic carbocycles. The van der Waals surface area contributed by atoms with E-state index in [0.29, 0.717) is 12.6 Å². The topological polar surface area (TPSA) is 49.4 Å². The molecule has 1 rings (SSSR count). The first kappa shape index (κ1) is 15.2. The van der Waals surface area contributed by atoms with E-state index in [-0.39, 0.29) is 23.4 Å². The molecule has 1 saturated heterocycles. The van der Waals surface area contributed by atoms with Crippen molar-refractivity contribution >= 4 is 22.2 Å². The number of sulfone groups is 1. The van der Waals surface area contributed by atoms with Crippen molar-refractivity contribution in [2.45, 2.75) is 25.1 Å². The Balaban J connectivity index is 0.00000196. The minimum atomic E-state index is -2.87. The second kappa shape index (κ2) is 6.03. The van der Waals surface area contributed by atoms with Gasteiger partial charge in [0.15, 0.2) is 9.84 Å². The van der Waals surface area contributed by atoms with Crippen LogP contribution in [0.2, 0.25) is 0 Å². The van der Waals surface area contributed by atoms with Gasteiger partial charge in [-0.1, -0.05) is 0 Å². The number of nitrogens with zero attached hydrogens (tertiary/aromatic N) is 1. The van der Waals surface area contributed by atoms with E-state index in [1.807, 2.05) is 7.05 Å². The van der Waals surface area contributed by atoms with Gasteiger partial charge in [0.05, 0.1) is 11.0 Å². The molecule has 1 fully saturated rings. The Hall–Kier alpha value is 0.160. The highest BCUT2D eigenvalue weighted by Gasteiger charge is 2.23. The molecule has 0 aromatic rings. The Morgan fingerprint density at radius 3 is 2.27 bits per heavy atom. The van der Waals surface area contributed by atoms with Crippen molar-refractivity contribution in [2.24, 2.45) is 0 Å². The van der Waals surface area contributed by atoms with E-state index in [0.717, 1.165) is 13.1 Å². The first-order valence-electron chi connectivity index (χ1n) is 5.06. The summed E-state index contributed by atoms with van der Waals surface area (Å²) in [6.07, 6.45) is 0. The normalized spacial score (nSPS) is 17.7. The van der Waals surface area contributed by atoms with E-state index in [9.17, 15) is 8.42 Å². The van der Waals surface area contributed by atoms with Gasteiger partial charge in [0, 0.05) is 25.7 Å². The Morgan fingerprint density at radius 1 is 1.40 bits per heavy atom. The van der Waals surface area contributed by atoms with Crippen LogP contribution in [0, 0.1) is 0 Å². The van der Waals surface area contributed by atoms with E-state index < -0.39 is 9.84 Å². The predicted molar refractivity (Wildman–Crippen MR) is 65.5 cm³/mol. The fourth-order valence-electron chi connectivity index (χ4n) is 1.27. The van der Waals surface area contributed by atoms with Crippen LogP contribution in [-0.4, -0.2) is 57.0 Å². The molecule has 0 aromatic carbocycles. The summed E-state index contributed by atoms with van der Waals surface area (Å²) in [6.45, 7) is 6.09. The molecule has 1 aliphatic rings. The van der Waals surface area contributed by atoms with Crippen molar-refractivity contribution in [3.05, 3.63) is 0 Å². The van der Waals surface area contributed by atoms with Gasteiger partial charge in [-0.2, -0.15) is 0 Å². The van der Waals surface area contributed by atoms with E-state index in [2.05, 4.69) is 10.2 Å². The van der Waals surface area contributed by atoms with Crippen LogP contribution in [0.1, 0.15) is 13.8 Å². The number of halogens is 1. The molecule has 4 nitrogen and oxygen atoms in total. The molecular formula is C9H21ClN2O2S. The van der Waals surface area contributed by atoms with Gasteiger partial charge in [0.2, 0.25) is 0 Å². The minimum Gasteiger partial charge on any atom is -0.314 e. The van der Waals surface area contributed by atoms with Gasteiger partial charge < -0.3 is 5.32 Å². The monoisotopic (exact) mass is 256 g/mol. The lowest BCUT2D eigenvalue weighted by molar-refractivity contribution is 0.189. The molecule has 1 aliphatic heterocycles. The Labute approximate surface area is 98.7 Å². The first-order valence-corrected chi connectivity index (χ1v) is 6.77. The molecule has 0 amide bonds. The van der Waals surface area contributed by atoms with E-state index in [1.165, 1.54) is 0 Å². The maximum Gasteiger partial charge on any atom is 0.153 e. The summed E-state index contributed by atoms with van der Waals surface area (Å²) in [5.41, 5.74) is 0. The van der Waals surface area contributed by atoms with Crippen LogP contribution in [0.5, 0.6) is 0 Å². The molecule has 1 N–H and O–H groups in total. The largest absolute Gasteiger partial charge is 0.314 e. The van der Waals surface area contributed by atoms with Gasteiger partial charge in [-0.25, -0.2) is 8.42 Å². The second-order valence-electron chi connectivity index (χ2n) is 4.21. The van der Waals surface area contributed by atoms with E-state index >= 15 is 0 Å². The fourth-order valence-corrected chi connectivity index (χ4v) is 2.29. The third kappa shape index (κ3) is 4.26. The highest BCUT2D eigenvalue weighted by Crippen LogP contribution is 2.05. The van der Waals surface area contributed by atoms with Gasteiger partial charge in [-0.15, -0.1) is 12.4 Å². The zero-order valence-electron chi connectivity index (χ0n) is 9.56. The summed E-state index contributed by atoms with van der Waals surface area (Å²) in [5.74, 6) is 0.275. The molecule has 0 aromatic heterocycles. The zero-order chi connectivity index (χ0) is 10.8. The number of nitrogens with one attached hydrogen (secondary N) is 1. The van der Waals surface area contributed by atoms with Crippen molar-refractivity contribution in [2.75, 3.05) is 32.4 Å². The lowest BCUT2D eigenvalue weighted by Gasteiger charge is -2.35. The minimum absolute atomic E-state index is 0. The number of hydrogen-bond acceptors (Lipinski definition) is 4. The lowest BCUT2D eigenvalue weighted by atomic mass is 10.1. The van der Waals surface area contributed by atoms with Crippen LogP contribution in [0.3, 0.4) is 0 Å². The fraction of sp³-hybridized carbons (Fsp3) is 1.00. The van der Waals surface area contributed by atoms with Crippen molar-refractivity contribution < 1.29 is 8.42 Å². The maximum atomic E-state index is 11.5. The number of rotatable bonds is 5. The third-order valence-electron chi connectivity index (χ3n) is 2.83. The van der Waals surface area contributed by atoms with Crippen molar-refractivity contribution in [1.82, 2.24) is 10.2 Å². The summed E-state index contributed by atoms with van der Waals surface area (Å²) < 4.78 is 23.0. The third-order valence-corrected chi connectivity index (χ3v) is 5.02. The summed E-state index contributed by atoms with van der Waals surface area (Å²) in [6, 6.07) is 0.525. The molecule has 0 spiro atoms. The van der Waals surface area contributed by atoms with Gasteiger partial charge in [0.25, 0.3) is 0 Å². The smallest absolute Gasteiger partial charge is 0.153 e. The molecule has 0 radical (unpaired) electrons. The zero-order valence-corrected chi connectivity index (χ0v) is 11.2. The Morgan fingerprint density at radius 2 is 1.93 bits per heavy atom. The second-order valence-corrected chi connectivity index (χ2v) is 6.89. The summed E-state index contributed by atoms with van der Waals surface area (Å²) in [7, 11) is -0.886. The number of hydrogen-bond donors (Lipinski definition) is 1. The summed E-state index contributed by atoms with van der Waals surface area (Å²) in [5, 5.41) is 2.92. The highest BCUT2D eigenvalue weighted by molar-refractivity contribution is 7.92. The predicted octanol–water partition coefficient (Wildman–Crippen LogP) is 0.135. The standard InChI is InChI=1S/C9H20N2O2S.ClH/c1-8(2)14(12,13)5-4-11(3)9-6-10-7-9;/h8-10H,4-7H2,1-3H3;1H. The van der Waals surface area contributed by atoms with Crippen LogP contribution in [0.25, 0.3) is 0 Å². The van der Waals surface area contributed by atoms with Crippen molar-refractivity contribution in [1.29, 1.82) is 0 Å². The van der Waals surface area contributed by atoms with Crippen molar-refractivity contribution in [3.8, 4) is 0 Å². The lowest BCUT2D eigenvalue weighted by Crippen LogP contribution is -2.56. The first-order chi connectivity index (χ1) is 6.43. The van der Waals surface area contributed by atoms with Crippen LogP contribution in [0.4, 0.5) is 0 Å². The average molecular weight is 257 g/mol. The maximum absolute atomic E-state index is 11.5. The Kier molecular flexibility index (Phi) is 6.10. The molecule has 1 heterocycles. The van der Waals surface area contributed by atoms with Crippen LogP contribution < -0.4 is 5.32 Å². The van der Waals surface area contributed by atoms with Crippen LogP contribution >= 0.6 is 12.4 Å². The Bertz CT molecular complexity index is 276. The molecule has 0 unspecified atom stereocenters.